The number of amides is 1. The van der Waals surface area contributed by atoms with Gasteiger partial charge in [-0.15, -0.1) is 0 Å². The molecule has 29 heavy (non-hydrogen) atoms. The van der Waals surface area contributed by atoms with Crippen LogP contribution < -0.4 is 0 Å². The van der Waals surface area contributed by atoms with E-state index in [9.17, 15) is 4.79 Å². The minimum atomic E-state index is -0.428. The molecular formula is C25H43NO3. The summed E-state index contributed by atoms with van der Waals surface area (Å²) < 4.78 is 12.0. The molecule has 0 aromatic rings. The van der Waals surface area contributed by atoms with Crippen molar-refractivity contribution >= 4 is 6.09 Å². The third-order valence-electron chi connectivity index (χ3n) is 6.79. The van der Waals surface area contributed by atoms with Crippen molar-refractivity contribution in [1.82, 2.24) is 4.90 Å². The fourth-order valence-corrected chi connectivity index (χ4v) is 4.17. The van der Waals surface area contributed by atoms with Crippen LogP contribution in [0.3, 0.4) is 0 Å². The fourth-order valence-electron chi connectivity index (χ4n) is 4.17. The molecule has 4 nitrogen and oxygen atoms in total. The van der Waals surface area contributed by atoms with Crippen LogP contribution >= 0.6 is 0 Å². The van der Waals surface area contributed by atoms with Gasteiger partial charge < -0.3 is 14.4 Å². The number of ether oxygens (including phenoxy) is 2. The molecule has 0 bridgehead atoms. The molecule has 0 N–H and O–H groups in total. The maximum Gasteiger partial charge on any atom is 0.410 e. The molecule has 2 fully saturated rings. The van der Waals surface area contributed by atoms with Crippen molar-refractivity contribution in [2.75, 3.05) is 13.1 Å². The lowest BCUT2D eigenvalue weighted by Crippen LogP contribution is -2.51. The molecule has 1 atom stereocenters. The Labute approximate surface area is 178 Å². The van der Waals surface area contributed by atoms with Crippen LogP contribution in [0.15, 0.2) is 23.0 Å². The Morgan fingerprint density at radius 3 is 2.24 bits per heavy atom. The number of hydrogen-bond donors (Lipinski definition) is 0. The maximum absolute atomic E-state index is 12.3. The van der Waals surface area contributed by atoms with Gasteiger partial charge in [-0.05, 0) is 96.1 Å². The molecule has 1 spiro atoms. The molecule has 1 heterocycles. The zero-order valence-electron chi connectivity index (χ0n) is 20.1. The van der Waals surface area contributed by atoms with Crippen molar-refractivity contribution in [3.8, 4) is 0 Å². The molecule has 1 aliphatic carbocycles. The summed E-state index contributed by atoms with van der Waals surface area (Å²) in [6.07, 6.45) is 8.89. The topological polar surface area (TPSA) is 38.8 Å². The van der Waals surface area contributed by atoms with Crippen molar-refractivity contribution in [2.24, 2.45) is 11.3 Å². The van der Waals surface area contributed by atoms with Crippen molar-refractivity contribution < 1.29 is 14.3 Å². The van der Waals surface area contributed by atoms with Crippen LogP contribution in [0.2, 0.25) is 0 Å². The first-order chi connectivity index (χ1) is 13.5. The Bertz CT molecular complexity index is 625. The number of carbonyl (C=O) groups is 1. The van der Waals surface area contributed by atoms with E-state index in [0.717, 1.165) is 57.4 Å². The minimum absolute atomic E-state index is 0.172. The van der Waals surface area contributed by atoms with Gasteiger partial charge in [0.25, 0.3) is 0 Å². The molecule has 0 aromatic carbocycles. The molecule has 2 aliphatic rings. The van der Waals surface area contributed by atoms with E-state index in [2.05, 4.69) is 40.7 Å². The van der Waals surface area contributed by atoms with Crippen LogP contribution in [0.5, 0.6) is 0 Å². The number of carbonyl (C=O) groups excluding carboxylic acids is 1. The van der Waals surface area contributed by atoms with Crippen LogP contribution in [0, 0.1) is 11.3 Å². The van der Waals surface area contributed by atoms with E-state index in [1.807, 2.05) is 25.7 Å². The Morgan fingerprint density at radius 1 is 1.17 bits per heavy atom. The molecule has 4 heteroatoms. The first-order valence-corrected chi connectivity index (χ1v) is 11.5. The largest absolute Gasteiger partial charge is 0.490 e. The van der Waals surface area contributed by atoms with Gasteiger partial charge in [0.1, 0.15) is 11.4 Å². The second kappa shape index (κ2) is 9.57. The van der Waals surface area contributed by atoms with Crippen molar-refractivity contribution in [2.45, 2.75) is 106 Å². The highest BCUT2D eigenvalue weighted by molar-refractivity contribution is 5.68. The lowest BCUT2D eigenvalue weighted by atomic mass is 9.61. The normalized spacial score (nSPS) is 22.1. The summed E-state index contributed by atoms with van der Waals surface area (Å²) >= 11 is 0. The molecule has 1 amide bonds. The second-order valence-electron chi connectivity index (χ2n) is 10.3. The van der Waals surface area contributed by atoms with E-state index >= 15 is 0 Å². The van der Waals surface area contributed by atoms with Gasteiger partial charge >= 0.3 is 6.09 Å². The highest BCUT2D eigenvalue weighted by atomic mass is 16.6. The predicted molar refractivity (Wildman–Crippen MR) is 120 cm³/mol. The van der Waals surface area contributed by atoms with Gasteiger partial charge in [-0.2, -0.15) is 0 Å². The Kier molecular flexibility index (Phi) is 7.86. The summed E-state index contributed by atoms with van der Waals surface area (Å²) in [5.41, 5.74) is 2.65. The van der Waals surface area contributed by atoms with Gasteiger partial charge in [0.15, 0.2) is 0 Å². The third kappa shape index (κ3) is 6.52. The molecule has 166 valence electrons. The fraction of sp³-hybridized carbons (Fsp3) is 0.800. The van der Waals surface area contributed by atoms with E-state index in [0.29, 0.717) is 17.4 Å². The summed E-state index contributed by atoms with van der Waals surface area (Å²) in [4.78, 5) is 14.2. The van der Waals surface area contributed by atoms with Crippen molar-refractivity contribution in [1.29, 1.82) is 0 Å². The molecule has 1 saturated heterocycles. The van der Waals surface area contributed by atoms with Gasteiger partial charge in [0.05, 0.1) is 6.10 Å². The van der Waals surface area contributed by atoms with Gasteiger partial charge in [-0.25, -0.2) is 4.79 Å². The number of hydrogen-bond acceptors (Lipinski definition) is 3. The third-order valence-corrected chi connectivity index (χ3v) is 6.79. The molecule has 2 rings (SSSR count). The van der Waals surface area contributed by atoms with Gasteiger partial charge in [-0.1, -0.05) is 26.3 Å². The van der Waals surface area contributed by atoms with E-state index in [4.69, 9.17) is 9.47 Å². The maximum atomic E-state index is 12.3. The van der Waals surface area contributed by atoms with Gasteiger partial charge in [0.2, 0.25) is 0 Å². The smallest absolute Gasteiger partial charge is 0.410 e. The van der Waals surface area contributed by atoms with Crippen LogP contribution in [0.1, 0.15) is 93.9 Å². The van der Waals surface area contributed by atoms with Crippen LogP contribution in [0.25, 0.3) is 0 Å². The van der Waals surface area contributed by atoms with Gasteiger partial charge in [-0.3, -0.25) is 0 Å². The first-order valence-electron chi connectivity index (χ1n) is 11.5. The van der Waals surface area contributed by atoms with Crippen LogP contribution in [-0.2, 0) is 9.47 Å². The zero-order chi connectivity index (χ0) is 21.8. The lowest BCUT2D eigenvalue weighted by Gasteiger charge is -2.51. The number of likely N-dealkylation sites (tertiary alicyclic amines) is 1. The number of nitrogens with zero attached hydrogens (tertiary/aromatic N) is 1. The molecule has 1 saturated carbocycles. The standard InChI is InChI=1S/C25H43NO3/c1-9-18(3)20(5)15-22(19(4)10-2)28-21-16-25(17-21)11-13-26(14-12-25)23(27)29-24(6,7)8/h15,18,21H,9-14,16-17H2,1-8H3/b20-15-,22-19?. The Hall–Kier alpha value is -1.45. The average molecular weight is 406 g/mol. The highest BCUT2D eigenvalue weighted by Crippen LogP contribution is 2.51. The Morgan fingerprint density at radius 2 is 1.76 bits per heavy atom. The quantitative estimate of drug-likeness (QED) is 0.358. The average Bonchev–Trinajstić information content (AvgIpc) is 2.63. The summed E-state index contributed by atoms with van der Waals surface area (Å²) in [6.45, 7) is 18.5. The summed E-state index contributed by atoms with van der Waals surface area (Å²) in [7, 11) is 0. The van der Waals surface area contributed by atoms with E-state index < -0.39 is 5.60 Å². The van der Waals surface area contributed by atoms with Crippen LogP contribution in [-0.4, -0.2) is 35.8 Å². The van der Waals surface area contributed by atoms with E-state index in [-0.39, 0.29) is 6.09 Å². The predicted octanol–water partition coefficient (Wildman–Crippen LogP) is 6.86. The van der Waals surface area contributed by atoms with Crippen molar-refractivity contribution in [3.63, 3.8) is 0 Å². The second-order valence-corrected chi connectivity index (χ2v) is 10.3. The molecule has 1 aliphatic heterocycles. The molecule has 0 aromatic heterocycles. The summed E-state index contributed by atoms with van der Waals surface area (Å²) in [5.74, 6) is 1.67. The molecular weight excluding hydrogens is 362 g/mol. The Balaban J connectivity index is 1.89. The SMILES string of the molecule is CCC(C)=C(/C=C(/C)C(C)CC)OC1CC2(CCN(C(=O)OC(C)(C)C)CC2)C1. The zero-order valence-corrected chi connectivity index (χ0v) is 20.1. The lowest BCUT2D eigenvalue weighted by molar-refractivity contribution is -0.0809. The minimum Gasteiger partial charge on any atom is -0.490 e. The van der Waals surface area contributed by atoms with Crippen molar-refractivity contribution in [3.05, 3.63) is 23.0 Å². The first kappa shape index (κ1) is 23.8. The molecule has 0 radical (unpaired) electrons. The molecule has 1 unspecified atom stereocenters. The monoisotopic (exact) mass is 405 g/mol. The van der Waals surface area contributed by atoms with E-state index in [1.165, 1.54) is 11.1 Å². The highest BCUT2D eigenvalue weighted by Gasteiger charge is 2.48. The van der Waals surface area contributed by atoms with Crippen LogP contribution in [0.4, 0.5) is 4.79 Å². The summed E-state index contributed by atoms with van der Waals surface area (Å²) in [5, 5.41) is 0. The van der Waals surface area contributed by atoms with Gasteiger partial charge in [0, 0.05) is 13.1 Å². The van der Waals surface area contributed by atoms with E-state index in [1.54, 1.807) is 0 Å². The number of piperidine rings is 1. The number of rotatable bonds is 6. The summed E-state index contributed by atoms with van der Waals surface area (Å²) in [6, 6.07) is 0. The number of allylic oxidation sites excluding steroid dienone is 3.